The molecule has 200 valence electrons. The first-order valence-corrected chi connectivity index (χ1v) is 14.6. The highest BCUT2D eigenvalue weighted by molar-refractivity contribution is 7.99. The van der Waals surface area contributed by atoms with Crippen LogP contribution in [-0.2, 0) is 5.41 Å². The number of fused-ring (bicyclic) bond motifs is 12. The number of halogens is 3. The summed E-state index contributed by atoms with van der Waals surface area (Å²) in [6.07, 6.45) is 0. The molecule has 0 atom stereocenters. The largest absolute Gasteiger partial charge is 0.308 e. The maximum absolute atomic E-state index is 15.1. The monoisotopic (exact) mass is 567 g/mol. The van der Waals surface area contributed by atoms with Gasteiger partial charge in [0.2, 0.25) is 0 Å². The molecule has 3 aliphatic rings. The molecule has 0 saturated heterocycles. The molecule has 1 heterocycles. The summed E-state index contributed by atoms with van der Waals surface area (Å²) in [5.74, 6) is -1.17. The summed E-state index contributed by atoms with van der Waals surface area (Å²) < 4.78 is 45.2. The molecule has 0 unspecified atom stereocenters. The van der Waals surface area contributed by atoms with Crippen molar-refractivity contribution in [3.63, 3.8) is 0 Å². The molecule has 6 aromatic carbocycles. The fraction of sp³-hybridized carbons (Fsp3) is 0.0270. The zero-order valence-electron chi connectivity index (χ0n) is 22.0. The van der Waals surface area contributed by atoms with Crippen molar-refractivity contribution >= 4 is 28.8 Å². The van der Waals surface area contributed by atoms with Crippen molar-refractivity contribution in [2.75, 3.05) is 4.90 Å². The Kier molecular flexibility index (Phi) is 4.78. The lowest BCUT2D eigenvalue weighted by Gasteiger charge is -2.35. The van der Waals surface area contributed by atoms with E-state index in [9.17, 15) is 0 Å². The van der Waals surface area contributed by atoms with E-state index in [1.165, 1.54) is 36.4 Å². The number of hydrogen-bond donors (Lipinski definition) is 0. The van der Waals surface area contributed by atoms with Crippen LogP contribution in [0.4, 0.5) is 30.2 Å². The lowest BCUT2D eigenvalue weighted by Crippen LogP contribution is -2.27. The van der Waals surface area contributed by atoms with Crippen LogP contribution in [0.25, 0.3) is 22.3 Å². The van der Waals surface area contributed by atoms with Crippen LogP contribution in [0, 0.1) is 17.5 Å². The van der Waals surface area contributed by atoms with Gasteiger partial charge in [0.1, 0.15) is 17.5 Å². The molecule has 1 spiro atoms. The Morgan fingerprint density at radius 1 is 0.452 bits per heavy atom. The standard InChI is InChI=1S/C37H20F3NS/c38-21-9-13-25-26-14-10-22(39)18-30(26)37(29(25)17-21)31-19-23(40)11-15-27(31)28-16-12-24(20-32(28)37)41-33-5-1-3-7-35(33)42-36-8-4-2-6-34(36)41/h1-20H. The highest BCUT2D eigenvalue weighted by Gasteiger charge is 2.52. The minimum absolute atomic E-state index is 0.389. The molecule has 0 aromatic heterocycles. The van der Waals surface area contributed by atoms with Gasteiger partial charge in [0.05, 0.1) is 16.8 Å². The van der Waals surface area contributed by atoms with Crippen LogP contribution in [-0.4, -0.2) is 0 Å². The van der Waals surface area contributed by atoms with Crippen LogP contribution < -0.4 is 4.90 Å². The van der Waals surface area contributed by atoms with E-state index >= 15 is 13.2 Å². The van der Waals surface area contributed by atoms with Crippen molar-refractivity contribution in [2.45, 2.75) is 15.2 Å². The number of para-hydroxylation sites is 2. The lowest BCUT2D eigenvalue weighted by molar-refractivity contribution is 0.613. The van der Waals surface area contributed by atoms with Crippen LogP contribution in [0.15, 0.2) is 131 Å². The molecule has 0 radical (unpaired) electrons. The Bertz CT molecular complexity index is 2020. The van der Waals surface area contributed by atoms with Crippen LogP contribution >= 0.6 is 11.8 Å². The average molecular weight is 568 g/mol. The predicted octanol–water partition coefficient (Wildman–Crippen LogP) is 10.4. The van der Waals surface area contributed by atoms with Gasteiger partial charge in [-0.1, -0.05) is 60.3 Å². The maximum atomic E-state index is 15.1. The van der Waals surface area contributed by atoms with Crippen molar-refractivity contribution in [3.8, 4) is 22.3 Å². The third-order valence-electron chi connectivity index (χ3n) is 8.83. The van der Waals surface area contributed by atoms with Gasteiger partial charge in [-0.15, -0.1) is 0 Å². The number of rotatable bonds is 1. The fourth-order valence-corrected chi connectivity index (χ4v) is 8.31. The topological polar surface area (TPSA) is 3.24 Å². The van der Waals surface area contributed by atoms with E-state index in [2.05, 4.69) is 47.4 Å². The summed E-state index contributed by atoms with van der Waals surface area (Å²) in [7, 11) is 0. The molecule has 2 aliphatic carbocycles. The zero-order chi connectivity index (χ0) is 28.2. The van der Waals surface area contributed by atoms with Crippen molar-refractivity contribution < 1.29 is 13.2 Å². The predicted molar refractivity (Wildman–Crippen MR) is 161 cm³/mol. The second-order valence-electron chi connectivity index (χ2n) is 10.9. The van der Waals surface area contributed by atoms with Crippen LogP contribution in [0.1, 0.15) is 22.3 Å². The summed E-state index contributed by atoms with van der Waals surface area (Å²) in [6.45, 7) is 0. The first-order chi connectivity index (χ1) is 20.5. The van der Waals surface area contributed by atoms with Gasteiger partial charge in [-0.3, -0.25) is 0 Å². The van der Waals surface area contributed by atoms with Gasteiger partial charge in [0, 0.05) is 15.5 Å². The summed E-state index contributed by atoms with van der Waals surface area (Å²) >= 11 is 1.73. The van der Waals surface area contributed by atoms with Crippen molar-refractivity contribution in [1.29, 1.82) is 0 Å². The summed E-state index contributed by atoms with van der Waals surface area (Å²) in [5.41, 5.74) is 8.35. The van der Waals surface area contributed by atoms with Crippen molar-refractivity contribution in [3.05, 3.63) is 161 Å². The highest BCUT2D eigenvalue weighted by atomic mass is 32.2. The average Bonchev–Trinajstić information content (AvgIpc) is 3.45. The quantitative estimate of drug-likeness (QED) is 0.194. The van der Waals surface area contributed by atoms with Gasteiger partial charge in [0.25, 0.3) is 0 Å². The Labute approximate surface area is 244 Å². The molecule has 6 aromatic rings. The van der Waals surface area contributed by atoms with Crippen molar-refractivity contribution in [2.24, 2.45) is 0 Å². The van der Waals surface area contributed by atoms with E-state index in [1.807, 2.05) is 24.3 Å². The van der Waals surface area contributed by atoms with Gasteiger partial charge in [0.15, 0.2) is 0 Å². The van der Waals surface area contributed by atoms with Gasteiger partial charge in [-0.2, -0.15) is 0 Å². The van der Waals surface area contributed by atoms with Gasteiger partial charge >= 0.3 is 0 Å². The van der Waals surface area contributed by atoms with E-state index in [0.717, 1.165) is 54.7 Å². The number of hydrogen-bond acceptors (Lipinski definition) is 2. The van der Waals surface area contributed by atoms with Crippen molar-refractivity contribution in [1.82, 2.24) is 0 Å². The van der Waals surface area contributed by atoms with Crippen LogP contribution in [0.5, 0.6) is 0 Å². The first kappa shape index (κ1) is 23.9. The van der Waals surface area contributed by atoms with E-state index in [4.69, 9.17) is 0 Å². The second kappa shape index (κ2) is 8.40. The third-order valence-corrected chi connectivity index (χ3v) is 9.97. The van der Waals surface area contributed by atoms with Gasteiger partial charge in [-0.25, -0.2) is 13.2 Å². The normalized spacial score (nSPS) is 14.6. The summed E-state index contributed by atoms with van der Waals surface area (Å²) in [5, 5.41) is 0. The SMILES string of the molecule is Fc1ccc2c(c1)C1(c3cc(F)ccc3-2)c2cc(F)ccc2-c2ccc(N3c4ccccc4Sc4ccccc43)cc21. The second-order valence-corrected chi connectivity index (χ2v) is 12.0. The Morgan fingerprint density at radius 2 is 0.857 bits per heavy atom. The molecule has 5 heteroatoms. The molecule has 0 N–H and O–H groups in total. The van der Waals surface area contributed by atoms with E-state index in [1.54, 1.807) is 30.0 Å². The first-order valence-electron chi connectivity index (χ1n) is 13.8. The minimum Gasteiger partial charge on any atom is -0.308 e. The minimum atomic E-state index is -1.08. The summed E-state index contributed by atoms with van der Waals surface area (Å²) in [6, 6.07) is 37.1. The molecular formula is C37H20F3NS. The maximum Gasteiger partial charge on any atom is 0.123 e. The smallest absolute Gasteiger partial charge is 0.123 e. The molecule has 0 fully saturated rings. The number of benzene rings is 6. The molecular weight excluding hydrogens is 547 g/mol. The molecule has 0 bridgehead atoms. The van der Waals surface area contributed by atoms with E-state index in [0.29, 0.717) is 16.7 Å². The number of nitrogens with zero attached hydrogens (tertiary/aromatic N) is 1. The van der Waals surface area contributed by atoms with Gasteiger partial charge in [-0.05, 0) is 117 Å². The third kappa shape index (κ3) is 3.01. The molecule has 1 aliphatic heterocycles. The molecule has 1 nitrogen and oxygen atoms in total. The zero-order valence-corrected chi connectivity index (χ0v) is 22.9. The molecule has 0 amide bonds. The Balaban J connectivity index is 1.39. The van der Waals surface area contributed by atoms with E-state index < -0.39 is 5.41 Å². The highest BCUT2D eigenvalue weighted by Crippen LogP contribution is 2.64. The summed E-state index contributed by atoms with van der Waals surface area (Å²) in [4.78, 5) is 4.52. The Morgan fingerprint density at radius 3 is 1.33 bits per heavy atom. The number of anilines is 3. The molecule has 9 rings (SSSR count). The Hall–Kier alpha value is -4.74. The lowest BCUT2D eigenvalue weighted by atomic mass is 9.70. The van der Waals surface area contributed by atoms with Crippen LogP contribution in [0.2, 0.25) is 0 Å². The molecule has 0 saturated carbocycles. The van der Waals surface area contributed by atoms with Gasteiger partial charge < -0.3 is 4.90 Å². The fourth-order valence-electron chi connectivity index (χ4n) is 7.25. The van der Waals surface area contributed by atoms with Crippen LogP contribution in [0.3, 0.4) is 0 Å². The van der Waals surface area contributed by atoms with E-state index in [-0.39, 0.29) is 17.5 Å². The molecule has 42 heavy (non-hydrogen) atoms.